The van der Waals surface area contributed by atoms with Gasteiger partial charge in [0.05, 0.1) is 11.1 Å². The zero-order valence-electron chi connectivity index (χ0n) is 19.1. The van der Waals surface area contributed by atoms with Crippen molar-refractivity contribution in [2.45, 2.75) is 58.4 Å². The van der Waals surface area contributed by atoms with Gasteiger partial charge >= 0.3 is 0 Å². The summed E-state index contributed by atoms with van der Waals surface area (Å²) in [6.07, 6.45) is 5.75. The lowest BCUT2D eigenvalue weighted by Gasteiger charge is -2.39. The van der Waals surface area contributed by atoms with Crippen LogP contribution in [0.5, 0.6) is 0 Å². The van der Waals surface area contributed by atoms with E-state index in [-0.39, 0.29) is 5.92 Å². The van der Waals surface area contributed by atoms with Gasteiger partial charge in [-0.25, -0.2) is 0 Å². The number of amides is 1. The molecule has 0 radical (unpaired) electrons. The van der Waals surface area contributed by atoms with E-state index in [0.717, 1.165) is 56.3 Å². The van der Waals surface area contributed by atoms with Gasteiger partial charge in [0.1, 0.15) is 6.07 Å². The van der Waals surface area contributed by atoms with Crippen LogP contribution in [0.3, 0.4) is 0 Å². The van der Waals surface area contributed by atoms with E-state index in [4.69, 9.17) is 0 Å². The maximum Gasteiger partial charge on any atom is 0.222 e. The lowest BCUT2D eigenvalue weighted by molar-refractivity contribution is -0.134. The van der Waals surface area contributed by atoms with E-state index in [1.807, 2.05) is 12.1 Å². The monoisotopic (exact) mass is 418 g/mol. The van der Waals surface area contributed by atoms with Crippen LogP contribution in [0.4, 0.5) is 0 Å². The average molecular weight is 419 g/mol. The first-order valence-corrected chi connectivity index (χ1v) is 11.8. The highest BCUT2D eigenvalue weighted by Crippen LogP contribution is 2.35. The van der Waals surface area contributed by atoms with Crippen LogP contribution in [0.1, 0.15) is 63.5 Å². The molecule has 0 bridgehead atoms. The van der Waals surface area contributed by atoms with Crippen LogP contribution < -0.4 is 0 Å². The van der Waals surface area contributed by atoms with Gasteiger partial charge in [-0.1, -0.05) is 19.1 Å². The van der Waals surface area contributed by atoms with E-state index in [1.54, 1.807) is 6.20 Å². The fourth-order valence-electron chi connectivity index (χ4n) is 5.47. The smallest absolute Gasteiger partial charge is 0.222 e. The number of benzene rings is 1. The highest BCUT2D eigenvalue weighted by Gasteiger charge is 2.31. The third kappa shape index (κ3) is 4.75. The molecule has 2 aromatic rings. The second kappa shape index (κ2) is 9.36. The molecule has 1 amide bonds. The van der Waals surface area contributed by atoms with E-state index in [2.05, 4.69) is 53.8 Å². The Kier molecular flexibility index (Phi) is 6.57. The topological polar surface area (TPSA) is 60.2 Å². The number of nitriles is 1. The molecule has 0 N–H and O–H groups in total. The molecule has 4 rings (SSSR count). The Bertz CT molecular complexity index is 971. The number of nitrogens with zero attached hydrogens (tertiary/aromatic N) is 4. The number of hydrogen-bond donors (Lipinski definition) is 0. The zero-order valence-corrected chi connectivity index (χ0v) is 19.1. The number of aromatic nitrogens is 1. The number of likely N-dealkylation sites (tertiary alicyclic amines) is 2. The molecule has 2 saturated heterocycles. The Hall–Kier alpha value is -2.45. The lowest BCUT2D eigenvalue weighted by Crippen LogP contribution is -2.44. The standard InChI is InChI=1S/C26H34N4O/c1-18(2)29-11-8-20(9-12-29)14-25(31)30-16-19(3)13-22(17-30)23-7-6-21(15-27)26-24(23)5-4-10-28-26/h4-7,10,18-20,22H,8-9,11-14,16-17H2,1-3H3/t19-,22+/m0/s1. The van der Waals surface area contributed by atoms with Gasteiger partial charge in [0, 0.05) is 43.1 Å². The van der Waals surface area contributed by atoms with Crippen LogP contribution in [0, 0.1) is 23.2 Å². The summed E-state index contributed by atoms with van der Waals surface area (Å²) in [4.78, 5) is 22.3. The average Bonchev–Trinajstić information content (AvgIpc) is 2.78. The third-order valence-corrected chi connectivity index (χ3v) is 7.22. The van der Waals surface area contributed by atoms with Gasteiger partial charge in [-0.05, 0) is 75.7 Å². The minimum Gasteiger partial charge on any atom is -0.342 e. The summed E-state index contributed by atoms with van der Waals surface area (Å²) < 4.78 is 0. The highest BCUT2D eigenvalue weighted by molar-refractivity contribution is 5.87. The number of carbonyl (C=O) groups is 1. The normalized spacial score (nSPS) is 23.3. The van der Waals surface area contributed by atoms with Crippen molar-refractivity contribution >= 4 is 16.8 Å². The van der Waals surface area contributed by atoms with Crippen molar-refractivity contribution < 1.29 is 4.79 Å². The molecule has 0 saturated carbocycles. The predicted octanol–water partition coefficient (Wildman–Crippen LogP) is 4.57. The maximum atomic E-state index is 13.2. The summed E-state index contributed by atoms with van der Waals surface area (Å²) in [5.41, 5.74) is 2.61. The number of fused-ring (bicyclic) bond motifs is 1. The van der Waals surface area contributed by atoms with Crippen molar-refractivity contribution in [2.75, 3.05) is 26.2 Å². The first kappa shape index (κ1) is 21.8. The van der Waals surface area contributed by atoms with Crippen LogP contribution in [0.2, 0.25) is 0 Å². The Morgan fingerprint density at radius 2 is 2.00 bits per heavy atom. The van der Waals surface area contributed by atoms with Gasteiger partial charge in [-0.15, -0.1) is 0 Å². The Balaban J connectivity index is 1.47. The largest absolute Gasteiger partial charge is 0.342 e. The first-order valence-electron chi connectivity index (χ1n) is 11.8. The van der Waals surface area contributed by atoms with Gasteiger partial charge in [0.25, 0.3) is 0 Å². The summed E-state index contributed by atoms with van der Waals surface area (Å²) in [6.45, 7) is 10.6. The molecule has 164 valence electrons. The van der Waals surface area contributed by atoms with Crippen LogP contribution in [-0.4, -0.2) is 52.9 Å². The molecule has 0 aliphatic carbocycles. The van der Waals surface area contributed by atoms with E-state index >= 15 is 0 Å². The minimum absolute atomic E-state index is 0.287. The third-order valence-electron chi connectivity index (χ3n) is 7.22. The number of pyridine rings is 1. The van der Waals surface area contributed by atoms with E-state index in [0.29, 0.717) is 35.8 Å². The Labute approximate surface area is 186 Å². The maximum absolute atomic E-state index is 13.2. The van der Waals surface area contributed by atoms with Crippen molar-refractivity contribution in [1.29, 1.82) is 5.26 Å². The van der Waals surface area contributed by atoms with E-state index < -0.39 is 0 Å². The molecule has 2 fully saturated rings. The Morgan fingerprint density at radius 3 is 2.71 bits per heavy atom. The summed E-state index contributed by atoms with van der Waals surface area (Å²) >= 11 is 0. The van der Waals surface area contributed by atoms with E-state index in [9.17, 15) is 10.1 Å². The number of rotatable bonds is 4. The molecule has 2 atom stereocenters. The van der Waals surface area contributed by atoms with Crippen LogP contribution >= 0.6 is 0 Å². The molecule has 1 aromatic carbocycles. The fraction of sp³-hybridized carbons (Fsp3) is 0.577. The minimum atomic E-state index is 0.287. The second-order valence-corrected chi connectivity index (χ2v) is 9.83. The van der Waals surface area contributed by atoms with Gasteiger partial charge < -0.3 is 9.80 Å². The molecule has 0 unspecified atom stereocenters. The summed E-state index contributed by atoms with van der Waals surface area (Å²) in [5, 5.41) is 10.5. The van der Waals surface area contributed by atoms with Crippen molar-refractivity contribution in [2.24, 2.45) is 11.8 Å². The highest BCUT2D eigenvalue weighted by atomic mass is 16.2. The zero-order chi connectivity index (χ0) is 22.0. The lowest BCUT2D eigenvalue weighted by atomic mass is 9.82. The van der Waals surface area contributed by atoms with Crippen LogP contribution in [0.15, 0.2) is 30.5 Å². The van der Waals surface area contributed by atoms with Crippen LogP contribution in [-0.2, 0) is 4.79 Å². The van der Waals surface area contributed by atoms with Gasteiger partial charge in [-0.2, -0.15) is 5.26 Å². The quantitative estimate of drug-likeness (QED) is 0.730. The fourth-order valence-corrected chi connectivity index (χ4v) is 5.47. The number of hydrogen-bond acceptors (Lipinski definition) is 4. The molecule has 0 spiro atoms. The SMILES string of the molecule is CC(C)N1CCC(CC(=O)N2C[C@@H](C)C[C@@H](c3ccc(C#N)c4ncccc34)C2)CC1. The molecular weight excluding hydrogens is 384 g/mol. The molecule has 31 heavy (non-hydrogen) atoms. The molecule has 2 aliphatic heterocycles. The van der Waals surface area contributed by atoms with Gasteiger partial charge in [0.15, 0.2) is 0 Å². The molecule has 5 heteroatoms. The van der Waals surface area contributed by atoms with E-state index in [1.165, 1.54) is 5.56 Å². The predicted molar refractivity (Wildman–Crippen MR) is 124 cm³/mol. The number of carbonyl (C=O) groups excluding carboxylic acids is 1. The van der Waals surface area contributed by atoms with Crippen molar-refractivity contribution in [1.82, 2.24) is 14.8 Å². The van der Waals surface area contributed by atoms with Crippen molar-refractivity contribution in [3.63, 3.8) is 0 Å². The molecule has 2 aliphatic rings. The first-order chi connectivity index (χ1) is 15.0. The van der Waals surface area contributed by atoms with Crippen molar-refractivity contribution in [3.05, 3.63) is 41.6 Å². The van der Waals surface area contributed by atoms with Gasteiger partial charge in [-0.3, -0.25) is 9.78 Å². The molecule has 5 nitrogen and oxygen atoms in total. The van der Waals surface area contributed by atoms with Gasteiger partial charge in [0.2, 0.25) is 5.91 Å². The van der Waals surface area contributed by atoms with Crippen LogP contribution in [0.25, 0.3) is 10.9 Å². The summed E-state index contributed by atoms with van der Waals surface area (Å²) in [5.74, 6) is 1.58. The van der Waals surface area contributed by atoms with Crippen molar-refractivity contribution in [3.8, 4) is 6.07 Å². The summed E-state index contributed by atoms with van der Waals surface area (Å²) in [6, 6.07) is 10.8. The molecular formula is C26H34N4O. The second-order valence-electron chi connectivity index (χ2n) is 9.83. The molecule has 3 heterocycles. The molecule has 1 aromatic heterocycles. The number of piperidine rings is 2. The Morgan fingerprint density at radius 1 is 1.23 bits per heavy atom. The summed E-state index contributed by atoms with van der Waals surface area (Å²) in [7, 11) is 0.